The molecular formula is C27H38N2O6. The molecule has 0 aromatic heterocycles. The van der Waals surface area contributed by atoms with Crippen molar-refractivity contribution in [3.63, 3.8) is 0 Å². The lowest BCUT2D eigenvalue weighted by atomic mass is 10.0. The topological polar surface area (TPSA) is 94.2 Å². The molecular weight excluding hydrogens is 448 g/mol. The van der Waals surface area contributed by atoms with E-state index in [1.165, 1.54) is 0 Å². The molecule has 2 aliphatic rings. The van der Waals surface area contributed by atoms with Crippen LogP contribution in [0.3, 0.4) is 0 Å². The van der Waals surface area contributed by atoms with Gasteiger partial charge in [0.2, 0.25) is 5.91 Å². The maximum atomic E-state index is 13.6. The standard InChI is InChI=1S/C27H38N2O6/c1-6-33-25(31)21(16-15-19-11-8-7-9-12-19)28-18(2)24(30)29-22-14-10-13-20(22)17-23(29)34-26(32)35-27(3,4)5/h7-12,14,18,20-23,28H,6,13,15-17H2,1-5H3/t18-,20?,21-,22?,23?/m0/s1. The molecule has 0 spiro atoms. The molecule has 3 unspecified atom stereocenters. The first-order chi connectivity index (χ1) is 16.6. The first-order valence-electron chi connectivity index (χ1n) is 12.4. The van der Waals surface area contributed by atoms with Crippen LogP contribution in [0.2, 0.25) is 0 Å². The summed E-state index contributed by atoms with van der Waals surface area (Å²) in [5.74, 6) is -0.422. The summed E-state index contributed by atoms with van der Waals surface area (Å²) in [7, 11) is 0. The highest BCUT2D eigenvalue weighted by molar-refractivity contribution is 5.84. The van der Waals surface area contributed by atoms with Gasteiger partial charge in [0.05, 0.1) is 18.7 Å². The molecule has 0 saturated carbocycles. The van der Waals surface area contributed by atoms with Gasteiger partial charge in [-0.05, 0) is 65.4 Å². The third kappa shape index (κ3) is 7.31. The number of hydrogen-bond acceptors (Lipinski definition) is 7. The van der Waals surface area contributed by atoms with Crippen LogP contribution in [-0.4, -0.2) is 59.5 Å². The molecule has 3 rings (SSSR count). The summed E-state index contributed by atoms with van der Waals surface area (Å²) in [5, 5.41) is 3.18. The van der Waals surface area contributed by atoms with Crippen LogP contribution in [-0.2, 0) is 30.2 Å². The van der Waals surface area contributed by atoms with E-state index in [9.17, 15) is 14.4 Å². The number of nitrogens with zero attached hydrogens (tertiary/aromatic N) is 1. The van der Waals surface area contributed by atoms with Crippen molar-refractivity contribution < 1.29 is 28.6 Å². The van der Waals surface area contributed by atoms with Crippen LogP contribution in [0.15, 0.2) is 42.5 Å². The number of allylic oxidation sites excluding steroid dienone is 1. The zero-order chi connectivity index (χ0) is 25.6. The van der Waals surface area contributed by atoms with Gasteiger partial charge in [0, 0.05) is 6.42 Å². The second kappa shape index (κ2) is 11.7. The summed E-state index contributed by atoms with van der Waals surface area (Å²) in [6, 6.07) is 8.40. The van der Waals surface area contributed by atoms with Crippen LogP contribution < -0.4 is 5.32 Å². The fourth-order valence-electron chi connectivity index (χ4n) is 4.65. The molecule has 5 atom stereocenters. The van der Waals surface area contributed by atoms with E-state index in [1.54, 1.807) is 39.5 Å². The lowest BCUT2D eigenvalue weighted by Gasteiger charge is -2.32. The summed E-state index contributed by atoms with van der Waals surface area (Å²) in [6.45, 7) is 9.04. The number of ether oxygens (including phenoxy) is 3. The first kappa shape index (κ1) is 26.7. The van der Waals surface area contributed by atoms with Gasteiger partial charge in [-0.15, -0.1) is 0 Å². The largest absolute Gasteiger partial charge is 0.510 e. The molecule has 1 aromatic carbocycles. The fraction of sp³-hybridized carbons (Fsp3) is 0.593. The predicted molar refractivity (Wildman–Crippen MR) is 131 cm³/mol. The minimum atomic E-state index is -0.794. The SMILES string of the molecule is CCOC(=O)[C@H](CCc1ccccc1)N[C@@H](C)C(=O)N1C(OC(=O)OC(C)(C)C)CC2CC=CC21. The number of esters is 1. The lowest BCUT2D eigenvalue weighted by Crippen LogP contribution is -2.54. The van der Waals surface area contributed by atoms with Crippen LogP contribution in [0.5, 0.6) is 0 Å². The number of rotatable bonds is 9. The van der Waals surface area contributed by atoms with E-state index >= 15 is 0 Å². The van der Waals surface area contributed by atoms with Gasteiger partial charge in [0.1, 0.15) is 11.6 Å². The molecule has 1 N–H and O–H groups in total. The Labute approximate surface area is 208 Å². The first-order valence-corrected chi connectivity index (χ1v) is 12.4. The van der Waals surface area contributed by atoms with Gasteiger partial charge in [0.15, 0.2) is 6.23 Å². The van der Waals surface area contributed by atoms with E-state index in [0.717, 1.165) is 12.0 Å². The van der Waals surface area contributed by atoms with Crippen LogP contribution in [0.25, 0.3) is 0 Å². The Hall–Kier alpha value is -2.87. The number of carbonyl (C=O) groups is 3. The Balaban J connectivity index is 1.70. The van der Waals surface area contributed by atoms with Crippen molar-refractivity contribution in [3.8, 4) is 0 Å². The van der Waals surface area contributed by atoms with E-state index in [2.05, 4.69) is 11.4 Å². The second-order valence-electron chi connectivity index (χ2n) is 10.1. The van der Waals surface area contributed by atoms with Gasteiger partial charge >= 0.3 is 12.1 Å². The molecule has 1 fully saturated rings. The van der Waals surface area contributed by atoms with Gasteiger partial charge in [-0.25, -0.2) is 4.79 Å². The zero-order valence-electron chi connectivity index (χ0n) is 21.4. The summed E-state index contributed by atoms with van der Waals surface area (Å²) < 4.78 is 16.2. The van der Waals surface area contributed by atoms with E-state index < -0.39 is 30.1 Å². The molecule has 8 heteroatoms. The summed E-state index contributed by atoms with van der Waals surface area (Å²) >= 11 is 0. The van der Waals surface area contributed by atoms with E-state index in [1.807, 2.05) is 36.4 Å². The molecule has 1 aliphatic heterocycles. The molecule has 1 aromatic rings. The van der Waals surface area contributed by atoms with Crippen molar-refractivity contribution in [3.05, 3.63) is 48.0 Å². The number of carbonyl (C=O) groups excluding carboxylic acids is 3. The maximum Gasteiger partial charge on any atom is 0.510 e. The molecule has 1 saturated heterocycles. The highest BCUT2D eigenvalue weighted by Crippen LogP contribution is 2.38. The number of likely N-dealkylation sites (tertiary alicyclic amines) is 1. The number of amides is 1. The highest BCUT2D eigenvalue weighted by atomic mass is 16.7. The van der Waals surface area contributed by atoms with Crippen LogP contribution >= 0.6 is 0 Å². The molecule has 0 radical (unpaired) electrons. The van der Waals surface area contributed by atoms with Gasteiger partial charge in [-0.3, -0.25) is 19.8 Å². The minimum absolute atomic E-state index is 0.149. The van der Waals surface area contributed by atoms with Crippen molar-refractivity contribution in [1.29, 1.82) is 0 Å². The number of fused-ring (bicyclic) bond motifs is 1. The van der Waals surface area contributed by atoms with Crippen molar-refractivity contribution in [2.45, 2.75) is 90.3 Å². The highest BCUT2D eigenvalue weighted by Gasteiger charge is 2.47. The van der Waals surface area contributed by atoms with Crippen LogP contribution in [0, 0.1) is 5.92 Å². The van der Waals surface area contributed by atoms with Crippen LogP contribution in [0.4, 0.5) is 4.79 Å². The molecule has 192 valence electrons. The Kier molecular flexibility index (Phi) is 8.94. The smallest absolute Gasteiger partial charge is 0.465 e. The number of benzene rings is 1. The Morgan fingerprint density at radius 1 is 1.17 bits per heavy atom. The molecule has 0 bridgehead atoms. The maximum absolute atomic E-state index is 13.6. The summed E-state index contributed by atoms with van der Waals surface area (Å²) in [6.07, 6.45) is 5.07. The predicted octanol–water partition coefficient (Wildman–Crippen LogP) is 3.98. The van der Waals surface area contributed by atoms with Gasteiger partial charge in [-0.1, -0.05) is 42.5 Å². The van der Waals surface area contributed by atoms with Gasteiger partial charge in [0.25, 0.3) is 0 Å². The monoisotopic (exact) mass is 486 g/mol. The third-order valence-corrected chi connectivity index (χ3v) is 6.22. The normalized spacial score (nSPS) is 22.9. The number of hydrogen-bond donors (Lipinski definition) is 1. The average Bonchev–Trinajstić information content (AvgIpc) is 3.36. The van der Waals surface area contributed by atoms with Crippen molar-refractivity contribution in [2.24, 2.45) is 5.92 Å². The molecule has 35 heavy (non-hydrogen) atoms. The van der Waals surface area contributed by atoms with E-state index in [-0.39, 0.29) is 30.4 Å². The fourth-order valence-corrected chi connectivity index (χ4v) is 4.65. The van der Waals surface area contributed by atoms with E-state index in [4.69, 9.17) is 14.2 Å². The third-order valence-electron chi connectivity index (χ3n) is 6.22. The quantitative estimate of drug-likeness (QED) is 0.417. The Morgan fingerprint density at radius 3 is 2.54 bits per heavy atom. The Morgan fingerprint density at radius 2 is 1.89 bits per heavy atom. The molecule has 1 heterocycles. The number of aryl methyl sites for hydroxylation is 1. The average molecular weight is 487 g/mol. The zero-order valence-corrected chi connectivity index (χ0v) is 21.4. The lowest BCUT2D eigenvalue weighted by molar-refractivity contribution is -0.148. The van der Waals surface area contributed by atoms with Crippen molar-refractivity contribution in [2.75, 3.05) is 6.61 Å². The molecule has 1 amide bonds. The minimum Gasteiger partial charge on any atom is -0.465 e. The second-order valence-corrected chi connectivity index (χ2v) is 10.1. The molecule has 1 aliphatic carbocycles. The van der Waals surface area contributed by atoms with Gasteiger partial charge in [-0.2, -0.15) is 0 Å². The van der Waals surface area contributed by atoms with Gasteiger partial charge < -0.3 is 14.2 Å². The summed E-state index contributed by atoms with van der Waals surface area (Å²) in [4.78, 5) is 40.2. The Bertz CT molecular complexity index is 910. The number of nitrogens with one attached hydrogen (secondary N) is 1. The summed E-state index contributed by atoms with van der Waals surface area (Å²) in [5.41, 5.74) is 0.410. The van der Waals surface area contributed by atoms with Crippen molar-refractivity contribution in [1.82, 2.24) is 10.2 Å². The van der Waals surface area contributed by atoms with Crippen molar-refractivity contribution >= 4 is 18.0 Å². The molecule has 8 nitrogen and oxygen atoms in total. The van der Waals surface area contributed by atoms with Crippen LogP contribution in [0.1, 0.15) is 59.4 Å². The van der Waals surface area contributed by atoms with E-state index in [0.29, 0.717) is 19.3 Å².